The van der Waals surface area contributed by atoms with Crippen LogP contribution in [0.1, 0.15) is 45.3 Å². The molecule has 3 heterocycles. The number of cyclic esters (lactones) is 2. The first-order chi connectivity index (χ1) is 16.5. The van der Waals surface area contributed by atoms with E-state index in [1.54, 1.807) is 13.0 Å². The largest absolute Gasteiger partial charge is 0.472 e. The molecule has 190 valence electrons. The molecule has 0 bridgehead atoms. The lowest BCUT2D eigenvalue weighted by Crippen LogP contribution is -2.73. The Morgan fingerprint density at radius 2 is 1.80 bits per heavy atom. The van der Waals surface area contributed by atoms with E-state index in [0.29, 0.717) is 5.56 Å². The van der Waals surface area contributed by atoms with Crippen LogP contribution in [0.3, 0.4) is 0 Å². The van der Waals surface area contributed by atoms with Gasteiger partial charge in [-0.05, 0) is 18.9 Å². The van der Waals surface area contributed by atoms with Crippen LogP contribution in [0, 0.1) is 28.6 Å². The second kappa shape index (κ2) is 8.06. The van der Waals surface area contributed by atoms with E-state index in [2.05, 4.69) is 0 Å². The molecule has 2 aliphatic carbocycles. The van der Waals surface area contributed by atoms with Crippen molar-refractivity contribution < 1.29 is 52.8 Å². The molecule has 1 aromatic heterocycles. The van der Waals surface area contributed by atoms with E-state index in [0.717, 1.165) is 0 Å². The van der Waals surface area contributed by atoms with Crippen molar-refractivity contribution in [2.45, 2.75) is 64.1 Å². The third-order valence-electron chi connectivity index (χ3n) is 8.53. The number of hydrogen-bond donors (Lipinski definition) is 2. The van der Waals surface area contributed by atoms with Crippen molar-refractivity contribution in [3.05, 3.63) is 24.2 Å². The molecule has 10 atom stereocenters. The summed E-state index contributed by atoms with van der Waals surface area (Å²) in [5.41, 5.74) is -1.88. The summed E-state index contributed by atoms with van der Waals surface area (Å²) in [6.45, 7) is 4.03. The predicted octanol–water partition coefficient (Wildman–Crippen LogP) is 0.668. The van der Waals surface area contributed by atoms with Crippen LogP contribution < -0.4 is 0 Å². The summed E-state index contributed by atoms with van der Waals surface area (Å²) in [6, 6.07) is 1.59. The average molecular weight is 492 g/mol. The first kappa shape index (κ1) is 23.8. The van der Waals surface area contributed by atoms with Gasteiger partial charge in [0, 0.05) is 36.2 Å². The van der Waals surface area contributed by atoms with Crippen molar-refractivity contribution in [3.63, 3.8) is 0 Å². The van der Waals surface area contributed by atoms with Crippen LogP contribution in [-0.4, -0.2) is 65.1 Å². The molecule has 11 heteroatoms. The lowest BCUT2D eigenvalue weighted by atomic mass is 9.41. The quantitative estimate of drug-likeness (QED) is 0.451. The molecule has 5 rings (SSSR count). The molecule has 35 heavy (non-hydrogen) atoms. The highest BCUT2D eigenvalue weighted by Gasteiger charge is 2.76. The Balaban J connectivity index is 1.73. The summed E-state index contributed by atoms with van der Waals surface area (Å²) in [5.74, 6) is -5.34. The minimum absolute atomic E-state index is 0.0940. The normalized spacial score (nSPS) is 44.3. The minimum Gasteiger partial charge on any atom is -0.472 e. The number of rotatable bonds is 3. The molecule has 2 saturated carbocycles. The number of hydrogen-bond acceptors (Lipinski definition) is 11. The van der Waals surface area contributed by atoms with Gasteiger partial charge >= 0.3 is 23.9 Å². The lowest BCUT2D eigenvalue weighted by molar-refractivity contribution is -0.284. The van der Waals surface area contributed by atoms with Crippen LogP contribution in [0.5, 0.6) is 0 Å². The minimum atomic E-state index is -1.63. The molecule has 1 spiro atoms. The predicted molar refractivity (Wildman–Crippen MR) is 112 cm³/mol. The first-order valence-electron chi connectivity index (χ1n) is 11.6. The molecule has 11 nitrogen and oxygen atoms in total. The Kier molecular flexibility index (Phi) is 5.48. The first-order valence-corrected chi connectivity index (χ1v) is 11.6. The maximum absolute atomic E-state index is 13.4. The zero-order chi connectivity index (χ0) is 25.3. The van der Waals surface area contributed by atoms with E-state index >= 15 is 0 Å². The van der Waals surface area contributed by atoms with Crippen LogP contribution in [-0.2, 0) is 38.1 Å². The van der Waals surface area contributed by atoms with Gasteiger partial charge in [0.15, 0.2) is 6.10 Å². The van der Waals surface area contributed by atoms with Crippen LogP contribution in [0.15, 0.2) is 23.0 Å². The number of fused-ring (bicyclic) bond motifs is 2. The number of aliphatic hydroxyl groups excluding tert-OH is 2. The van der Waals surface area contributed by atoms with Crippen LogP contribution in [0.25, 0.3) is 0 Å². The Morgan fingerprint density at radius 3 is 2.43 bits per heavy atom. The Hall–Kier alpha value is -2.92. The molecule has 0 radical (unpaired) electrons. The monoisotopic (exact) mass is 492 g/mol. The van der Waals surface area contributed by atoms with Gasteiger partial charge in [0.25, 0.3) is 0 Å². The van der Waals surface area contributed by atoms with Gasteiger partial charge in [-0.25, -0.2) is 0 Å². The van der Waals surface area contributed by atoms with Gasteiger partial charge in [-0.2, -0.15) is 0 Å². The SMILES string of the molecule is CC(=O)O[C@@H]1[C@H](O)[C@H](O)[C@H]2C(=O)OC[C@]23CC[C@@H]2C(=O)O[C@@H](c4ccoc4)[C@H](OC(C)=O)[C@]2(C)[C@@H]13. The number of carbonyl (C=O) groups excluding carboxylic acids is 4. The maximum Gasteiger partial charge on any atom is 0.312 e. The van der Waals surface area contributed by atoms with Gasteiger partial charge in [-0.1, -0.05) is 6.92 Å². The zero-order valence-corrected chi connectivity index (χ0v) is 19.5. The Morgan fingerprint density at radius 1 is 1.09 bits per heavy atom. The van der Waals surface area contributed by atoms with Crippen molar-refractivity contribution in [2.24, 2.45) is 28.6 Å². The molecule has 0 aromatic carbocycles. The van der Waals surface area contributed by atoms with E-state index < -0.39 is 83.0 Å². The number of carbonyl (C=O) groups is 4. The number of ether oxygens (including phenoxy) is 4. The van der Waals surface area contributed by atoms with E-state index in [-0.39, 0.29) is 19.4 Å². The number of esters is 4. The summed E-state index contributed by atoms with van der Waals surface area (Å²) >= 11 is 0. The van der Waals surface area contributed by atoms with E-state index in [4.69, 9.17) is 23.4 Å². The molecule has 4 aliphatic rings. The molecule has 2 N–H and O–H groups in total. The Bertz CT molecular complexity index is 1050. The number of aliphatic hydroxyl groups is 2. The second-order valence-electron chi connectivity index (χ2n) is 10.3. The Labute approximate surface area is 200 Å². The number of furan rings is 1. The highest BCUT2D eigenvalue weighted by Crippen LogP contribution is 2.68. The highest BCUT2D eigenvalue weighted by molar-refractivity contribution is 5.79. The maximum atomic E-state index is 13.4. The third-order valence-corrected chi connectivity index (χ3v) is 8.53. The molecular formula is C24H28O11. The summed E-state index contributed by atoms with van der Waals surface area (Å²) in [7, 11) is 0. The molecule has 2 saturated heterocycles. The van der Waals surface area contributed by atoms with Crippen LogP contribution >= 0.6 is 0 Å². The second-order valence-corrected chi connectivity index (χ2v) is 10.3. The third kappa shape index (κ3) is 3.24. The van der Waals surface area contributed by atoms with Crippen molar-refractivity contribution in [2.75, 3.05) is 6.61 Å². The van der Waals surface area contributed by atoms with Gasteiger partial charge in [0.05, 0.1) is 37.1 Å². The van der Waals surface area contributed by atoms with Crippen molar-refractivity contribution in [3.8, 4) is 0 Å². The van der Waals surface area contributed by atoms with Crippen molar-refractivity contribution in [1.82, 2.24) is 0 Å². The highest BCUT2D eigenvalue weighted by atomic mass is 16.6. The average Bonchev–Trinajstić information content (AvgIpc) is 3.42. The van der Waals surface area contributed by atoms with Gasteiger partial charge in [0.1, 0.15) is 18.3 Å². The van der Waals surface area contributed by atoms with Gasteiger partial charge in [-0.15, -0.1) is 0 Å². The van der Waals surface area contributed by atoms with E-state index in [1.807, 2.05) is 0 Å². The summed E-state index contributed by atoms with van der Waals surface area (Å²) in [6.07, 6.45) is -3.28. The smallest absolute Gasteiger partial charge is 0.312 e. The lowest BCUT2D eigenvalue weighted by Gasteiger charge is -2.64. The van der Waals surface area contributed by atoms with Gasteiger partial charge in [0.2, 0.25) is 0 Å². The van der Waals surface area contributed by atoms with Crippen molar-refractivity contribution in [1.29, 1.82) is 0 Å². The van der Waals surface area contributed by atoms with E-state index in [9.17, 15) is 29.4 Å². The molecule has 4 fully saturated rings. The standard InChI is InChI=1S/C24H28O11/c1-10(25)33-18-16(28)15(27)14-22(30)32-9-24(14)6-4-13-21(29)35-17(12-5-7-31-8-12)20(34-11(2)26)23(13,3)19(18)24/h5,7-8,13-20,27-28H,4,6,9H2,1-3H3/t13-,14+,15-,16-,17+,18-,19-,20+,23+,24-/m1/s1. The molecule has 2 aliphatic heterocycles. The summed E-state index contributed by atoms with van der Waals surface area (Å²) in [5, 5.41) is 22.1. The van der Waals surface area contributed by atoms with Crippen molar-refractivity contribution >= 4 is 23.9 Å². The fraction of sp³-hybridized carbons (Fsp3) is 0.667. The summed E-state index contributed by atoms with van der Waals surface area (Å²) < 4.78 is 27.7. The fourth-order valence-electron chi connectivity index (χ4n) is 7.31. The molecule has 1 aromatic rings. The fourth-order valence-corrected chi connectivity index (χ4v) is 7.31. The topological polar surface area (TPSA) is 159 Å². The van der Waals surface area contributed by atoms with E-state index in [1.165, 1.54) is 26.4 Å². The molecule has 0 unspecified atom stereocenters. The molecular weight excluding hydrogens is 464 g/mol. The van der Waals surface area contributed by atoms with Gasteiger partial charge < -0.3 is 33.6 Å². The molecule has 0 amide bonds. The van der Waals surface area contributed by atoms with Crippen LogP contribution in [0.2, 0.25) is 0 Å². The summed E-state index contributed by atoms with van der Waals surface area (Å²) in [4.78, 5) is 50.6. The van der Waals surface area contributed by atoms with Crippen LogP contribution in [0.4, 0.5) is 0 Å². The zero-order valence-electron chi connectivity index (χ0n) is 19.5. The van der Waals surface area contributed by atoms with Gasteiger partial charge in [-0.3, -0.25) is 19.2 Å².